The van der Waals surface area contributed by atoms with Crippen molar-refractivity contribution < 1.29 is 0 Å². The Balaban J connectivity index is 1.22. The highest BCUT2D eigenvalue weighted by atomic mass is 32.1. The van der Waals surface area contributed by atoms with E-state index in [1.807, 2.05) is 28.9 Å². The summed E-state index contributed by atoms with van der Waals surface area (Å²) < 4.78 is 7.54. The summed E-state index contributed by atoms with van der Waals surface area (Å²) in [5, 5.41) is 6.37. The van der Waals surface area contributed by atoms with Gasteiger partial charge < -0.3 is 4.57 Å². The number of fused-ring (bicyclic) bond motifs is 22. The Kier molecular flexibility index (Phi) is 5.08. The first-order chi connectivity index (χ1) is 25.8. The fraction of sp³-hybridized carbons (Fsp3) is 0.0213. The van der Waals surface area contributed by atoms with Gasteiger partial charge in [0.15, 0.2) is 0 Å². The van der Waals surface area contributed by atoms with Gasteiger partial charge in [0.25, 0.3) is 0 Å². The summed E-state index contributed by atoms with van der Waals surface area (Å²) in [5.41, 5.74) is 15.0. The maximum absolute atomic E-state index is 4.89. The molecule has 4 aromatic heterocycles. The molecule has 0 atom stereocenters. The predicted octanol–water partition coefficient (Wildman–Crippen LogP) is 12.7. The topological polar surface area (TPSA) is 30.7 Å². The number of aromatic nitrogens is 3. The second-order valence-corrected chi connectivity index (χ2v) is 16.1. The van der Waals surface area contributed by atoms with Crippen LogP contribution in [-0.4, -0.2) is 14.5 Å². The standard InChI is InChI=1S/C47H25N3S2/c1-6-16-33-27(11-1)28-12-2-7-17-34(28)47(33)35-18-8-3-13-29(35)30-22-21-26(23-36(30)47)50-37-19-9-4-14-31(37)41-44(50)46-40(32-15-5-10-20-38(32)51-46)42-43-39(52-45(41)42)24-48-25-49-43/h1-25H. The van der Waals surface area contributed by atoms with E-state index in [1.165, 1.54) is 102 Å². The Morgan fingerprint density at radius 3 is 1.87 bits per heavy atom. The minimum absolute atomic E-state index is 0.405. The van der Waals surface area contributed by atoms with Crippen LogP contribution in [0, 0.1) is 0 Å². The molecular weight excluding hydrogens is 671 g/mol. The number of nitrogens with zero attached hydrogens (tertiary/aromatic N) is 3. The molecule has 2 aliphatic carbocycles. The van der Waals surface area contributed by atoms with Gasteiger partial charge in [-0.05, 0) is 68.8 Å². The predicted molar refractivity (Wildman–Crippen MR) is 218 cm³/mol. The third kappa shape index (κ3) is 3.11. The van der Waals surface area contributed by atoms with Crippen LogP contribution >= 0.6 is 22.7 Å². The zero-order valence-electron chi connectivity index (χ0n) is 27.6. The first-order valence-corrected chi connectivity index (χ1v) is 19.3. The molecule has 5 heteroatoms. The Morgan fingerprint density at radius 1 is 0.500 bits per heavy atom. The average molecular weight is 696 g/mol. The lowest BCUT2D eigenvalue weighted by Gasteiger charge is -2.30. The molecule has 240 valence electrons. The number of hydrogen-bond acceptors (Lipinski definition) is 4. The molecule has 3 nitrogen and oxygen atoms in total. The van der Waals surface area contributed by atoms with Gasteiger partial charge >= 0.3 is 0 Å². The Labute approximate surface area is 305 Å². The van der Waals surface area contributed by atoms with Crippen LogP contribution in [0.15, 0.2) is 152 Å². The van der Waals surface area contributed by atoms with Crippen molar-refractivity contribution in [3.63, 3.8) is 0 Å². The van der Waals surface area contributed by atoms with Crippen molar-refractivity contribution in [1.29, 1.82) is 0 Å². The molecule has 52 heavy (non-hydrogen) atoms. The second-order valence-electron chi connectivity index (χ2n) is 14.0. The van der Waals surface area contributed by atoms with Crippen molar-refractivity contribution in [1.82, 2.24) is 14.5 Å². The molecule has 0 unspecified atom stereocenters. The van der Waals surface area contributed by atoms with E-state index in [9.17, 15) is 0 Å². The van der Waals surface area contributed by atoms with Crippen LogP contribution in [0.1, 0.15) is 22.3 Å². The fourth-order valence-electron chi connectivity index (χ4n) is 9.89. The molecule has 0 bridgehead atoms. The maximum atomic E-state index is 4.89. The second kappa shape index (κ2) is 9.59. The van der Waals surface area contributed by atoms with Crippen LogP contribution in [0.5, 0.6) is 0 Å². The zero-order chi connectivity index (χ0) is 33.7. The third-order valence-corrected chi connectivity index (χ3v) is 14.1. The highest BCUT2D eigenvalue weighted by molar-refractivity contribution is 7.29. The molecule has 0 saturated carbocycles. The highest BCUT2D eigenvalue weighted by Gasteiger charge is 2.51. The lowest BCUT2D eigenvalue weighted by molar-refractivity contribution is 0.792. The molecule has 1 spiro atoms. The van der Waals surface area contributed by atoms with E-state index in [-0.39, 0.29) is 0 Å². The Morgan fingerprint density at radius 2 is 1.12 bits per heavy atom. The molecule has 0 saturated heterocycles. The first-order valence-electron chi connectivity index (χ1n) is 17.6. The Bertz CT molecular complexity index is 3320. The molecular formula is C47H25N3S2. The van der Waals surface area contributed by atoms with Gasteiger partial charge in [0.05, 0.1) is 31.4 Å². The van der Waals surface area contributed by atoms with E-state index >= 15 is 0 Å². The SMILES string of the molecule is c1ccc2c(c1)-c1ccccc1C21c2ccccc2-c2ccc(-n3c4ccccc4c4c5sc6cncnc6c5c5c6ccccc6sc5c43)cc21. The highest BCUT2D eigenvalue weighted by Crippen LogP contribution is 2.63. The van der Waals surface area contributed by atoms with Crippen molar-refractivity contribution in [2.75, 3.05) is 0 Å². The normalized spacial score (nSPS) is 13.9. The van der Waals surface area contributed by atoms with Gasteiger partial charge in [0, 0.05) is 48.2 Å². The molecule has 0 amide bonds. The van der Waals surface area contributed by atoms with E-state index in [4.69, 9.17) is 4.98 Å². The molecule has 2 aliphatic rings. The summed E-state index contributed by atoms with van der Waals surface area (Å²) >= 11 is 3.72. The lowest BCUT2D eigenvalue weighted by atomic mass is 9.70. The number of benzene rings is 7. The summed E-state index contributed by atoms with van der Waals surface area (Å²) in [4.78, 5) is 9.34. The molecule has 0 fully saturated rings. The molecule has 11 aromatic rings. The number of para-hydroxylation sites is 1. The van der Waals surface area contributed by atoms with E-state index in [1.54, 1.807) is 6.33 Å². The average Bonchev–Trinajstić information content (AvgIpc) is 3.99. The summed E-state index contributed by atoms with van der Waals surface area (Å²) in [7, 11) is 0. The van der Waals surface area contributed by atoms with E-state index in [0.29, 0.717) is 0 Å². The molecule has 0 aliphatic heterocycles. The first kappa shape index (κ1) is 27.6. The van der Waals surface area contributed by atoms with Crippen molar-refractivity contribution in [2.24, 2.45) is 0 Å². The zero-order valence-corrected chi connectivity index (χ0v) is 29.2. The van der Waals surface area contributed by atoms with E-state index in [2.05, 4.69) is 149 Å². The van der Waals surface area contributed by atoms with Gasteiger partial charge in [0.2, 0.25) is 0 Å². The summed E-state index contributed by atoms with van der Waals surface area (Å²) in [6, 6.07) is 52.3. The minimum Gasteiger partial charge on any atom is -0.308 e. The van der Waals surface area contributed by atoms with Crippen molar-refractivity contribution in [3.8, 4) is 27.9 Å². The van der Waals surface area contributed by atoms with Crippen LogP contribution in [0.25, 0.3) is 90.2 Å². The number of hydrogen-bond donors (Lipinski definition) is 0. The van der Waals surface area contributed by atoms with Gasteiger partial charge in [-0.15, -0.1) is 22.7 Å². The fourth-order valence-corrected chi connectivity index (χ4v) is 12.3. The van der Waals surface area contributed by atoms with E-state index in [0.717, 1.165) is 10.2 Å². The number of thiophene rings is 2. The third-order valence-electron chi connectivity index (χ3n) is 11.8. The smallest absolute Gasteiger partial charge is 0.116 e. The molecule has 7 aromatic carbocycles. The Hall–Kier alpha value is -6.14. The van der Waals surface area contributed by atoms with Gasteiger partial charge in [-0.3, -0.25) is 0 Å². The lowest BCUT2D eigenvalue weighted by Crippen LogP contribution is -2.26. The maximum Gasteiger partial charge on any atom is 0.116 e. The van der Waals surface area contributed by atoms with Crippen molar-refractivity contribution in [3.05, 3.63) is 174 Å². The van der Waals surface area contributed by atoms with Gasteiger partial charge in [-0.1, -0.05) is 115 Å². The molecule has 4 heterocycles. The van der Waals surface area contributed by atoms with Crippen LogP contribution in [0.4, 0.5) is 0 Å². The quantitative estimate of drug-likeness (QED) is 0.171. The van der Waals surface area contributed by atoms with E-state index < -0.39 is 5.41 Å². The van der Waals surface area contributed by atoms with Gasteiger partial charge in [-0.25, -0.2) is 9.97 Å². The monoisotopic (exact) mass is 695 g/mol. The van der Waals surface area contributed by atoms with Crippen LogP contribution in [0.3, 0.4) is 0 Å². The van der Waals surface area contributed by atoms with Crippen molar-refractivity contribution >= 4 is 85.0 Å². The van der Waals surface area contributed by atoms with Crippen LogP contribution in [-0.2, 0) is 5.41 Å². The molecule has 13 rings (SSSR count). The van der Waals surface area contributed by atoms with Crippen molar-refractivity contribution in [2.45, 2.75) is 5.41 Å². The van der Waals surface area contributed by atoms with Gasteiger partial charge in [-0.2, -0.15) is 0 Å². The van der Waals surface area contributed by atoms with Gasteiger partial charge in [0.1, 0.15) is 6.33 Å². The van der Waals surface area contributed by atoms with Crippen LogP contribution < -0.4 is 0 Å². The summed E-state index contributed by atoms with van der Waals surface area (Å²) in [6.45, 7) is 0. The largest absolute Gasteiger partial charge is 0.308 e. The summed E-state index contributed by atoms with van der Waals surface area (Å²) in [5.74, 6) is 0. The molecule has 0 radical (unpaired) electrons. The molecule has 0 N–H and O–H groups in total. The number of rotatable bonds is 1. The van der Waals surface area contributed by atoms with Crippen LogP contribution in [0.2, 0.25) is 0 Å². The minimum atomic E-state index is -0.405. The summed E-state index contributed by atoms with van der Waals surface area (Å²) in [6.07, 6.45) is 3.67.